The monoisotopic (exact) mass is 285 g/mol. The van der Waals surface area contributed by atoms with Crippen molar-refractivity contribution < 1.29 is 9.32 Å². The van der Waals surface area contributed by atoms with E-state index in [1.807, 2.05) is 12.1 Å². The molecule has 96 valence electrons. The quantitative estimate of drug-likeness (QED) is 0.941. The van der Waals surface area contributed by atoms with Gasteiger partial charge >= 0.3 is 6.03 Å². The fourth-order valence-corrected chi connectivity index (χ4v) is 2.51. The Balaban J connectivity index is 1.95. The standard InChI is InChI=1S/C11H12ClN3O2S/c1-7-9(6-17-14-7)13-11(16)15(2)5-8-3-4-10(12)18-8/h3-4,6H,5H2,1-2H3,(H,13,16). The van der Waals surface area contributed by atoms with Crippen molar-refractivity contribution in [1.82, 2.24) is 10.1 Å². The fraction of sp³-hybridized carbons (Fsp3) is 0.273. The van der Waals surface area contributed by atoms with E-state index in [1.165, 1.54) is 17.6 Å². The number of aromatic nitrogens is 1. The Morgan fingerprint density at radius 1 is 1.61 bits per heavy atom. The second-order valence-corrected chi connectivity index (χ2v) is 5.61. The summed E-state index contributed by atoms with van der Waals surface area (Å²) in [4.78, 5) is 14.5. The van der Waals surface area contributed by atoms with Crippen LogP contribution in [0, 0.1) is 6.92 Å². The maximum atomic E-state index is 11.9. The molecule has 0 radical (unpaired) electrons. The largest absolute Gasteiger partial charge is 0.362 e. The van der Waals surface area contributed by atoms with Gasteiger partial charge in [-0.2, -0.15) is 0 Å². The van der Waals surface area contributed by atoms with Gasteiger partial charge in [0.15, 0.2) is 0 Å². The van der Waals surface area contributed by atoms with E-state index >= 15 is 0 Å². The first kappa shape index (κ1) is 12.9. The Bertz CT molecular complexity index is 552. The number of urea groups is 1. The predicted molar refractivity (Wildman–Crippen MR) is 71.1 cm³/mol. The highest BCUT2D eigenvalue weighted by Crippen LogP contribution is 2.22. The molecule has 0 unspecified atom stereocenters. The van der Waals surface area contributed by atoms with Gasteiger partial charge in [0, 0.05) is 11.9 Å². The lowest BCUT2D eigenvalue weighted by molar-refractivity contribution is 0.221. The first-order valence-corrected chi connectivity index (χ1v) is 6.43. The van der Waals surface area contributed by atoms with Gasteiger partial charge in [-0.3, -0.25) is 0 Å². The van der Waals surface area contributed by atoms with Crippen LogP contribution in [-0.2, 0) is 6.54 Å². The van der Waals surface area contributed by atoms with Crippen molar-refractivity contribution in [2.75, 3.05) is 12.4 Å². The third kappa shape index (κ3) is 3.02. The van der Waals surface area contributed by atoms with Crippen molar-refractivity contribution in [3.63, 3.8) is 0 Å². The number of thiophene rings is 1. The molecule has 0 aliphatic carbocycles. The van der Waals surface area contributed by atoms with E-state index in [2.05, 4.69) is 10.5 Å². The third-order valence-corrected chi connectivity index (χ3v) is 3.58. The Hall–Kier alpha value is -1.53. The van der Waals surface area contributed by atoms with E-state index in [0.717, 1.165) is 4.88 Å². The van der Waals surface area contributed by atoms with Gasteiger partial charge in [0.05, 0.1) is 10.9 Å². The second kappa shape index (κ2) is 5.41. The Kier molecular flexibility index (Phi) is 3.88. The molecule has 18 heavy (non-hydrogen) atoms. The second-order valence-electron chi connectivity index (χ2n) is 3.81. The molecule has 2 heterocycles. The number of aryl methyl sites for hydroxylation is 1. The molecule has 2 rings (SSSR count). The number of hydrogen-bond donors (Lipinski definition) is 1. The maximum absolute atomic E-state index is 11.9. The van der Waals surface area contributed by atoms with Gasteiger partial charge < -0.3 is 14.7 Å². The van der Waals surface area contributed by atoms with Gasteiger partial charge in [-0.1, -0.05) is 16.8 Å². The molecule has 2 amide bonds. The van der Waals surface area contributed by atoms with Gasteiger partial charge in [-0.25, -0.2) is 4.79 Å². The minimum atomic E-state index is -0.217. The minimum Gasteiger partial charge on any atom is -0.362 e. The average Bonchev–Trinajstić information content (AvgIpc) is 2.89. The minimum absolute atomic E-state index is 0.217. The highest BCUT2D eigenvalue weighted by molar-refractivity contribution is 7.16. The number of amides is 2. The molecule has 0 spiro atoms. The van der Waals surface area contributed by atoms with E-state index in [-0.39, 0.29) is 6.03 Å². The summed E-state index contributed by atoms with van der Waals surface area (Å²) in [5.41, 5.74) is 1.23. The lowest BCUT2D eigenvalue weighted by Gasteiger charge is -2.16. The van der Waals surface area contributed by atoms with Crippen molar-refractivity contribution >= 4 is 34.7 Å². The smallest absolute Gasteiger partial charge is 0.322 e. The van der Waals surface area contributed by atoms with Crippen LogP contribution in [0.25, 0.3) is 0 Å². The summed E-state index contributed by atoms with van der Waals surface area (Å²) >= 11 is 7.30. The fourth-order valence-electron chi connectivity index (χ4n) is 1.37. The van der Waals surface area contributed by atoms with Crippen molar-refractivity contribution in [2.24, 2.45) is 0 Å². The summed E-state index contributed by atoms with van der Waals surface area (Å²) in [5, 5.41) is 6.41. The number of nitrogens with one attached hydrogen (secondary N) is 1. The summed E-state index contributed by atoms with van der Waals surface area (Å²) in [6, 6.07) is 3.50. The normalized spacial score (nSPS) is 10.4. The molecule has 1 N–H and O–H groups in total. The van der Waals surface area contributed by atoms with Crippen LogP contribution in [-0.4, -0.2) is 23.1 Å². The number of nitrogens with zero attached hydrogens (tertiary/aromatic N) is 2. The SMILES string of the molecule is Cc1nocc1NC(=O)N(C)Cc1ccc(Cl)s1. The summed E-state index contributed by atoms with van der Waals surface area (Å²) < 4.78 is 5.47. The Labute approximate surface area is 113 Å². The van der Waals surface area contributed by atoms with Crippen LogP contribution in [0.4, 0.5) is 10.5 Å². The number of hydrogen-bond acceptors (Lipinski definition) is 4. The van der Waals surface area contributed by atoms with E-state index in [4.69, 9.17) is 16.1 Å². The predicted octanol–water partition coefficient (Wildman–Crippen LogP) is 3.36. The summed E-state index contributed by atoms with van der Waals surface area (Å²) in [5.74, 6) is 0. The molecule has 0 aliphatic heterocycles. The molecule has 2 aromatic heterocycles. The van der Waals surface area contributed by atoms with E-state index < -0.39 is 0 Å². The molecule has 0 fully saturated rings. The van der Waals surface area contributed by atoms with Crippen molar-refractivity contribution in [2.45, 2.75) is 13.5 Å². The van der Waals surface area contributed by atoms with Gasteiger partial charge in [0.1, 0.15) is 17.6 Å². The Morgan fingerprint density at radius 2 is 2.39 bits per heavy atom. The molecule has 0 bridgehead atoms. The van der Waals surface area contributed by atoms with Gasteiger partial charge in [0.25, 0.3) is 0 Å². The number of carbonyl (C=O) groups excluding carboxylic acids is 1. The first-order valence-electron chi connectivity index (χ1n) is 5.23. The van der Waals surface area contributed by atoms with E-state index in [9.17, 15) is 4.79 Å². The molecule has 2 aromatic rings. The lowest BCUT2D eigenvalue weighted by Crippen LogP contribution is -2.30. The summed E-state index contributed by atoms with van der Waals surface area (Å²) in [6.45, 7) is 2.27. The topological polar surface area (TPSA) is 58.4 Å². The molecule has 0 aliphatic rings. The zero-order valence-electron chi connectivity index (χ0n) is 9.94. The number of rotatable bonds is 3. The molecule has 7 heteroatoms. The molecule has 0 saturated carbocycles. The molecule has 0 atom stereocenters. The molecule has 5 nitrogen and oxygen atoms in total. The molecule has 0 aromatic carbocycles. The van der Waals surface area contributed by atoms with Crippen LogP contribution in [0.2, 0.25) is 4.34 Å². The van der Waals surface area contributed by atoms with Crippen LogP contribution < -0.4 is 5.32 Å². The first-order chi connectivity index (χ1) is 8.56. The average molecular weight is 286 g/mol. The van der Waals surface area contributed by atoms with Crippen molar-refractivity contribution in [3.8, 4) is 0 Å². The third-order valence-electron chi connectivity index (χ3n) is 2.36. The molecular formula is C11H12ClN3O2S. The van der Waals surface area contributed by atoms with E-state index in [0.29, 0.717) is 22.3 Å². The van der Waals surface area contributed by atoms with Crippen LogP contribution in [0.1, 0.15) is 10.6 Å². The van der Waals surface area contributed by atoms with Crippen LogP contribution in [0.3, 0.4) is 0 Å². The van der Waals surface area contributed by atoms with Crippen LogP contribution in [0.5, 0.6) is 0 Å². The lowest BCUT2D eigenvalue weighted by atomic mass is 10.4. The maximum Gasteiger partial charge on any atom is 0.322 e. The van der Waals surface area contributed by atoms with E-state index in [1.54, 1.807) is 18.9 Å². The van der Waals surface area contributed by atoms with Gasteiger partial charge in [0.2, 0.25) is 0 Å². The van der Waals surface area contributed by atoms with Gasteiger partial charge in [-0.15, -0.1) is 11.3 Å². The zero-order chi connectivity index (χ0) is 13.1. The number of halogens is 1. The number of anilines is 1. The number of carbonyl (C=O) groups is 1. The molecular weight excluding hydrogens is 274 g/mol. The Morgan fingerprint density at radius 3 is 2.94 bits per heavy atom. The highest BCUT2D eigenvalue weighted by atomic mass is 35.5. The summed E-state index contributed by atoms with van der Waals surface area (Å²) in [7, 11) is 1.71. The summed E-state index contributed by atoms with van der Waals surface area (Å²) in [6.07, 6.45) is 1.41. The van der Waals surface area contributed by atoms with Crippen molar-refractivity contribution in [1.29, 1.82) is 0 Å². The van der Waals surface area contributed by atoms with Crippen molar-refractivity contribution in [3.05, 3.63) is 33.3 Å². The van der Waals surface area contributed by atoms with Crippen LogP contribution >= 0.6 is 22.9 Å². The zero-order valence-corrected chi connectivity index (χ0v) is 11.5. The molecule has 0 saturated heterocycles. The van der Waals surface area contributed by atoms with Gasteiger partial charge in [-0.05, 0) is 19.1 Å². The van der Waals surface area contributed by atoms with Crippen LogP contribution in [0.15, 0.2) is 22.9 Å². The highest BCUT2D eigenvalue weighted by Gasteiger charge is 2.13.